The molecular weight excluding hydrogens is 440 g/mol. The minimum Gasteiger partial charge on any atom is -0.459 e. The molecule has 0 unspecified atom stereocenters. The number of carbonyl (C=O) groups excluding carboxylic acids is 2. The Morgan fingerprint density at radius 3 is 2.20 bits per heavy atom. The van der Waals surface area contributed by atoms with Crippen molar-refractivity contribution < 1.29 is 14.0 Å². The molecule has 0 atom stereocenters. The van der Waals surface area contributed by atoms with Crippen LogP contribution in [0.5, 0.6) is 0 Å². The SMILES string of the molecule is O=C(Nc1ccc(CNC(=O)c2cn(-c3ccccc3)nc2-c2ccccc2)cc1)c1ccco1. The van der Waals surface area contributed by atoms with Crippen LogP contribution < -0.4 is 10.6 Å². The Hall–Kier alpha value is -4.91. The van der Waals surface area contributed by atoms with Crippen molar-refractivity contribution in [3.8, 4) is 16.9 Å². The summed E-state index contributed by atoms with van der Waals surface area (Å²) in [4.78, 5) is 25.3. The van der Waals surface area contributed by atoms with E-state index < -0.39 is 0 Å². The topological polar surface area (TPSA) is 89.2 Å². The van der Waals surface area contributed by atoms with E-state index in [0.717, 1.165) is 16.8 Å². The second-order valence-corrected chi connectivity index (χ2v) is 7.85. The predicted octanol–water partition coefficient (Wildman–Crippen LogP) is 5.31. The maximum absolute atomic E-state index is 13.2. The molecule has 35 heavy (non-hydrogen) atoms. The molecule has 0 saturated carbocycles. The lowest BCUT2D eigenvalue weighted by Gasteiger charge is -2.07. The first kappa shape index (κ1) is 21.9. The van der Waals surface area contributed by atoms with Crippen LogP contribution in [0.3, 0.4) is 0 Å². The fourth-order valence-corrected chi connectivity index (χ4v) is 3.65. The maximum atomic E-state index is 13.2. The van der Waals surface area contributed by atoms with Crippen molar-refractivity contribution in [3.63, 3.8) is 0 Å². The number of furan rings is 1. The zero-order valence-corrected chi connectivity index (χ0v) is 18.7. The molecule has 0 radical (unpaired) electrons. The number of anilines is 1. The highest BCUT2D eigenvalue weighted by Crippen LogP contribution is 2.24. The first-order chi connectivity index (χ1) is 17.2. The summed E-state index contributed by atoms with van der Waals surface area (Å²) in [5.74, 6) is -0.298. The van der Waals surface area contributed by atoms with Gasteiger partial charge in [-0.25, -0.2) is 4.68 Å². The lowest BCUT2D eigenvalue weighted by molar-refractivity contribution is 0.0950. The van der Waals surface area contributed by atoms with Gasteiger partial charge in [0.25, 0.3) is 11.8 Å². The summed E-state index contributed by atoms with van der Waals surface area (Å²) in [5.41, 5.74) is 4.37. The van der Waals surface area contributed by atoms with Crippen LogP contribution in [0.1, 0.15) is 26.5 Å². The van der Waals surface area contributed by atoms with Crippen molar-refractivity contribution in [1.29, 1.82) is 0 Å². The van der Waals surface area contributed by atoms with E-state index >= 15 is 0 Å². The summed E-state index contributed by atoms with van der Waals surface area (Å²) < 4.78 is 6.82. The molecule has 3 aromatic carbocycles. The van der Waals surface area contributed by atoms with Gasteiger partial charge in [0, 0.05) is 24.0 Å². The van der Waals surface area contributed by atoms with E-state index in [1.54, 1.807) is 35.1 Å². The number of para-hydroxylation sites is 1. The average molecular weight is 463 g/mol. The Morgan fingerprint density at radius 2 is 1.51 bits per heavy atom. The Bertz CT molecular complexity index is 1430. The fraction of sp³-hybridized carbons (Fsp3) is 0.0357. The Labute approximate surface area is 202 Å². The van der Waals surface area contributed by atoms with Crippen LogP contribution >= 0.6 is 0 Å². The number of hydrogen-bond acceptors (Lipinski definition) is 4. The summed E-state index contributed by atoms with van der Waals surface area (Å²) >= 11 is 0. The molecule has 2 N–H and O–H groups in total. The Kier molecular flexibility index (Phi) is 6.21. The van der Waals surface area contributed by atoms with E-state index in [9.17, 15) is 9.59 Å². The number of nitrogens with one attached hydrogen (secondary N) is 2. The van der Waals surface area contributed by atoms with Crippen molar-refractivity contribution >= 4 is 17.5 Å². The second-order valence-electron chi connectivity index (χ2n) is 7.85. The summed E-state index contributed by atoms with van der Waals surface area (Å²) in [6.45, 7) is 0.329. The minimum absolute atomic E-state index is 0.221. The fourth-order valence-electron chi connectivity index (χ4n) is 3.65. The maximum Gasteiger partial charge on any atom is 0.291 e. The van der Waals surface area contributed by atoms with Gasteiger partial charge in [-0.1, -0.05) is 60.7 Å². The van der Waals surface area contributed by atoms with Crippen LogP contribution in [0, 0.1) is 0 Å². The molecule has 2 aromatic heterocycles. The molecule has 0 bridgehead atoms. The van der Waals surface area contributed by atoms with E-state index in [4.69, 9.17) is 9.52 Å². The summed E-state index contributed by atoms with van der Waals surface area (Å²) in [5, 5.41) is 10.4. The number of aromatic nitrogens is 2. The van der Waals surface area contributed by atoms with Crippen LogP contribution in [-0.4, -0.2) is 21.6 Å². The van der Waals surface area contributed by atoms with Gasteiger partial charge in [0.05, 0.1) is 17.5 Å². The Morgan fingerprint density at radius 1 is 0.800 bits per heavy atom. The van der Waals surface area contributed by atoms with Gasteiger partial charge in [-0.15, -0.1) is 0 Å². The number of amides is 2. The number of hydrogen-bond donors (Lipinski definition) is 2. The van der Waals surface area contributed by atoms with E-state index in [1.807, 2.05) is 72.8 Å². The molecule has 0 fully saturated rings. The van der Waals surface area contributed by atoms with Gasteiger partial charge in [-0.05, 0) is 42.0 Å². The largest absolute Gasteiger partial charge is 0.459 e. The monoisotopic (exact) mass is 462 g/mol. The first-order valence-corrected chi connectivity index (χ1v) is 11.1. The molecule has 172 valence electrons. The third kappa shape index (κ3) is 5.04. The molecule has 2 amide bonds. The molecule has 7 nitrogen and oxygen atoms in total. The number of rotatable bonds is 7. The third-order valence-electron chi connectivity index (χ3n) is 5.44. The highest BCUT2D eigenvalue weighted by Gasteiger charge is 2.18. The Balaban J connectivity index is 1.30. The average Bonchev–Trinajstić information content (AvgIpc) is 3.60. The van der Waals surface area contributed by atoms with Gasteiger partial charge in [0.2, 0.25) is 0 Å². The highest BCUT2D eigenvalue weighted by atomic mass is 16.3. The second kappa shape index (κ2) is 9.93. The van der Waals surface area contributed by atoms with Crippen LogP contribution in [-0.2, 0) is 6.54 Å². The molecule has 2 heterocycles. The normalized spacial score (nSPS) is 10.6. The van der Waals surface area contributed by atoms with Crippen LogP contribution in [0.15, 0.2) is 114 Å². The van der Waals surface area contributed by atoms with Crippen molar-refractivity contribution in [2.45, 2.75) is 6.54 Å². The van der Waals surface area contributed by atoms with Gasteiger partial charge in [-0.2, -0.15) is 5.10 Å². The molecule has 0 spiro atoms. The standard InChI is InChI=1S/C28H22N4O3/c33-27(29-18-20-13-15-22(16-14-20)30-28(34)25-12-7-17-35-25)24-19-32(23-10-5-2-6-11-23)31-26(24)21-8-3-1-4-9-21/h1-17,19H,18H2,(H,29,33)(H,30,34). The predicted molar refractivity (Wildman–Crippen MR) is 133 cm³/mol. The lowest BCUT2D eigenvalue weighted by Crippen LogP contribution is -2.23. The molecule has 0 aliphatic heterocycles. The molecular formula is C28H22N4O3. The molecule has 5 rings (SSSR count). The summed E-state index contributed by atoms with van der Waals surface area (Å²) in [6, 6.07) is 29.8. The molecule has 0 aliphatic carbocycles. The first-order valence-electron chi connectivity index (χ1n) is 11.1. The van der Waals surface area contributed by atoms with Gasteiger partial charge in [-0.3, -0.25) is 9.59 Å². The number of benzene rings is 3. The molecule has 0 aliphatic rings. The highest BCUT2D eigenvalue weighted by molar-refractivity contribution is 6.02. The van der Waals surface area contributed by atoms with Gasteiger partial charge >= 0.3 is 0 Å². The third-order valence-corrected chi connectivity index (χ3v) is 5.44. The zero-order valence-electron chi connectivity index (χ0n) is 18.7. The summed E-state index contributed by atoms with van der Waals surface area (Å²) in [7, 11) is 0. The molecule has 0 saturated heterocycles. The number of nitrogens with zero attached hydrogens (tertiary/aromatic N) is 2. The number of carbonyl (C=O) groups is 2. The minimum atomic E-state index is -0.320. The van der Waals surface area contributed by atoms with Gasteiger partial charge in [0.1, 0.15) is 5.69 Å². The lowest BCUT2D eigenvalue weighted by atomic mass is 10.1. The smallest absolute Gasteiger partial charge is 0.291 e. The van der Waals surface area contributed by atoms with Crippen molar-refractivity contribution in [3.05, 3.63) is 126 Å². The van der Waals surface area contributed by atoms with E-state index in [-0.39, 0.29) is 17.6 Å². The molecule has 5 aromatic rings. The van der Waals surface area contributed by atoms with Gasteiger partial charge in [0.15, 0.2) is 5.76 Å². The van der Waals surface area contributed by atoms with E-state index in [0.29, 0.717) is 23.5 Å². The van der Waals surface area contributed by atoms with Crippen LogP contribution in [0.25, 0.3) is 16.9 Å². The van der Waals surface area contributed by atoms with Crippen LogP contribution in [0.2, 0.25) is 0 Å². The summed E-state index contributed by atoms with van der Waals surface area (Å²) in [6.07, 6.45) is 3.20. The van der Waals surface area contributed by atoms with Gasteiger partial charge < -0.3 is 15.1 Å². The van der Waals surface area contributed by atoms with Crippen molar-refractivity contribution in [2.24, 2.45) is 0 Å². The van der Waals surface area contributed by atoms with E-state index in [1.165, 1.54) is 6.26 Å². The quantitative estimate of drug-likeness (QED) is 0.343. The van der Waals surface area contributed by atoms with Crippen LogP contribution in [0.4, 0.5) is 5.69 Å². The zero-order chi connectivity index (χ0) is 24.0. The molecule has 7 heteroatoms. The van der Waals surface area contributed by atoms with Crippen molar-refractivity contribution in [1.82, 2.24) is 15.1 Å². The van der Waals surface area contributed by atoms with E-state index in [2.05, 4.69) is 10.6 Å². The van der Waals surface area contributed by atoms with Crippen molar-refractivity contribution in [2.75, 3.05) is 5.32 Å².